The second-order valence-corrected chi connectivity index (χ2v) is 2.77. The van der Waals surface area contributed by atoms with Crippen LogP contribution in [0.15, 0.2) is 6.20 Å². The molecular weight excluding hydrogens is 172 g/mol. The van der Waals surface area contributed by atoms with E-state index in [0.717, 1.165) is 0 Å². The predicted molar refractivity (Wildman–Crippen MR) is 45.2 cm³/mol. The maximum absolute atomic E-state index is 10.5. The smallest absolute Gasteiger partial charge is 0.338 e. The average Bonchev–Trinajstić information content (AvgIpc) is 2.45. The van der Waals surface area contributed by atoms with E-state index in [1.807, 2.05) is 6.92 Å². The molecule has 5 heteroatoms. The van der Waals surface area contributed by atoms with E-state index in [0.29, 0.717) is 17.8 Å². The third kappa shape index (κ3) is 1.70. The Morgan fingerprint density at radius 1 is 1.77 bits per heavy atom. The minimum Gasteiger partial charge on any atom is -0.479 e. The lowest BCUT2D eigenvalue weighted by Gasteiger charge is -2.08. The molecule has 72 valence electrons. The van der Waals surface area contributed by atoms with Crippen LogP contribution < -0.4 is 0 Å². The SMILES string of the molecule is CCn1ncc(C)c1C(O)C(=O)O. The second kappa shape index (κ2) is 3.57. The number of rotatable bonds is 3. The largest absolute Gasteiger partial charge is 0.479 e. The van der Waals surface area contributed by atoms with Crippen molar-refractivity contribution in [2.45, 2.75) is 26.5 Å². The van der Waals surface area contributed by atoms with Gasteiger partial charge in [-0.05, 0) is 19.4 Å². The standard InChI is InChI=1S/C8H12N2O3/c1-3-10-6(5(2)4-9-10)7(11)8(12)13/h4,7,11H,3H2,1-2H3,(H,12,13). The molecular formula is C8H12N2O3. The molecule has 0 spiro atoms. The molecule has 0 aliphatic carbocycles. The van der Waals surface area contributed by atoms with Gasteiger partial charge in [0, 0.05) is 6.54 Å². The Balaban J connectivity index is 3.10. The number of aryl methyl sites for hydroxylation is 2. The molecule has 0 fully saturated rings. The van der Waals surface area contributed by atoms with Gasteiger partial charge in [-0.1, -0.05) is 0 Å². The average molecular weight is 184 g/mol. The first-order valence-electron chi connectivity index (χ1n) is 4.01. The number of aliphatic hydroxyl groups is 1. The van der Waals surface area contributed by atoms with E-state index in [1.165, 1.54) is 4.68 Å². The van der Waals surface area contributed by atoms with Gasteiger partial charge in [0.25, 0.3) is 0 Å². The minimum absolute atomic E-state index is 0.356. The number of aromatic nitrogens is 2. The van der Waals surface area contributed by atoms with E-state index in [9.17, 15) is 9.90 Å². The number of aliphatic hydroxyl groups excluding tert-OH is 1. The third-order valence-electron chi connectivity index (χ3n) is 1.87. The van der Waals surface area contributed by atoms with Crippen LogP contribution in [0.4, 0.5) is 0 Å². The number of carboxylic acids is 1. The summed E-state index contributed by atoms with van der Waals surface area (Å²) < 4.78 is 1.48. The van der Waals surface area contributed by atoms with Crippen molar-refractivity contribution in [3.63, 3.8) is 0 Å². The van der Waals surface area contributed by atoms with Gasteiger partial charge in [-0.3, -0.25) is 4.68 Å². The molecule has 0 aromatic carbocycles. The van der Waals surface area contributed by atoms with Gasteiger partial charge in [0.1, 0.15) is 0 Å². The molecule has 0 aliphatic rings. The molecule has 1 aromatic heterocycles. The predicted octanol–water partition coefficient (Wildman–Crippen LogP) is 0.329. The lowest BCUT2D eigenvalue weighted by Crippen LogP contribution is -2.16. The van der Waals surface area contributed by atoms with Gasteiger partial charge in [-0.25, -0.2) is 4.79 Å². The molecule has 0 amide bonds. The molecule has 0 aliphatic heterocycles. The van der Waals surface area contributed by atoms with Gasteiger partial charge in [-0.2, -0.15) is 5.10 Å². The van der Waals surface area contributed by atoms with Crippen LogP contribution in [0.5, 0.6) is 0 Å². The minimum atomic E-state index is -1.48. The highest BCUT2D eigenvalue weighted by atomic mass is 16.4. The highest BCUT2D eigenvalue weighted by molar-refractivity contribution is 5.73. The summed E-state index contributed by atoms with van der Waals surface area (Å²) in [5.74, 6) is -1.25. The highest BCUT2D eigenvalue weighted by Crippen LogP contribution is 2.17. The van der Waals surface area contributed by atoms with Crippen molar-refractivity contribution < 1.29 is 15.0 Å². The van der Waals surface area contributed by atoms with Crippen molar-refractivity contribution in [1.29, 1.82) is 0 Å². The molecule has 2 N–H and O–H groups in total. The number of nitrogens with zero attached hydrogens (tertiary/aromatic N) is 2. The van der Waals surface area contributed by atoms with E-state index < -0.39 is 12.1 Å². The van der Waals surface area contributed by atoms with Crippen LogP contribution in [-0.2, 0) is 11.3 Å². The van der Waals surface area contributed by atoms with Crippen molar-refractivity contribution in [3.8, 4) is 0 Å². The zero-order valence-corrected chi connectivity index (χ0v) is 7.56. The Labute approximate surface area is 75.6 Å². The van der Waals surface area contributed by atoms with E-state index in [1.54, 1.807) is 13.1 Å². The van der Waals surface area contributed by atoms with E-state index in [2.05, 4.69) is 5.10 Å². The number of hydrogen-bond acceptors (Lipinski definition) is 3. The van der Waals surface area contributed by atoms with E-state index in [4.69, 9.17) is 5.11 Å². The Hall–Kier alpha value is -1.36. The van der Waals surface area contributed by atoms with Crippen LogP contribution in [0, 0.1) is 6.92 Å². The van der Waals surface area contributed by atoms with Crippen LogP contribution in [0.1, 0.15) is 24.3 Å². The fourth-order valence-corrected chi connectivity index (χ4v) is 1.21. The molecule has 1 unspecified atom stereocenters. The van der Waals surface area contributed by atoms with E-state index >= 15 is 0 Å². The Bertz CT molecular complexity index is 319. The van der Waals surface area contributed by atoms with Crippen molar-refractivity contribution in [2.24, 2.45) is 0 Å². The summed E-state index contributed by atoms with van der Waals surface area (Å²) in [4.78, 5) is 10.5. The van der Waals surface area contributed by atoms with Gasteiger partial charge < -0.3 is 10.2 Å². The zero-order valence-electron chi connectivity index (χ0n) is 7.56. The topological polar surface area (TPSA) is 75.3 Å². The monoisotopic (exact) mass is 184 g/mol. The molecule has 0 saturated carbocycles. The lowest BCUT2D eigenvalue weighted by molar-refractivity contribution is -0.147. The number of aliphatic carboxylic acids is 1. The number of hydrogen-bond donors (Lipinski definition) is 2. The summed E-state index contributed by atoms with van der Waals surface area (Å²) >= 11 is 0. The molecule has 13 heavy (non-hydrogen) atoms. The maximum atomic E-state index is 10.5. The summed E-state index contributed by atoms with van der Waals surface area (Å²) in [5.41, 5.74) is 1.05. The van der Waals surface area contributed by atoms with Crippen LogP contribution in [0.2, 0.25) is 0 Å². The quantitative estimate of drug-likeness (QED) is 0.709. The summed E-state index contributed by atoms with van der Waals surface area (Å²) in [5, 5.41) is 21.9. The molecule has 5 nitrogen and oxygen atoms in total. The number of carbonyl (C=O) groups is 1. The van der Waals surface area contributed by atoms with Crippen molar-refractivity contribution in [1.82, 2.24) is 9.78 Å². The summed E-state index contributed by atoms with van der Waals surface area (Å²) in [6.45, 7) is 4.11. The Morgan fingerprint density at radius 3 is 2.85 bits per heavy atom. The van der Waals surface area contributed by atoms with Crippen LogP contribution in [0.25, 0.3) is 0 Å². The first-order valence-corrected chi connectivity index (χ1v) is 4.01. The number of carboxylic acid groups (broad SMARTS) is 1. The van der Waals surface area contributed by atoms with Crippen LogP contribution in [-0.4, -0.2) is 26.0 Å². The third-order valence-corrected chi connectivity index (χ3v) is 1.87. The first kappa shape index (κ1) is 9.73. The van der Waals surface area contributed by atoms with Crippen molar-refractivity contribution >= 4 is 5.97 Å². The normalized spacial score (nSPS) is 12.8. The molecule has 1 atom stereocenters. The Kier molecular flexibility index (Phi) is 2.67. The molecule has 0 bridgehead atoms. The van der Waals surface area contributed by atoms with Gasteiger partial charge in [0.15, 0.2) is 6.10 Å². The molecule has 1 aromatic rings. The highest BCUT2D eigenvalue weighted by Gasteiger charge is 2.22. The fourth-order valence-electron chi connectivity index (χ4n) is 1.21. The van der Waals surface area contributed by atoms with Crippen molar-refractivity contribution in [2.75, 3.05) is 0 Å². The Morgan fingerprint density at radius 2 is 2.38 bits per heavy atom. The zero-order chi connectivity index (χ0) is 10.0. The summed E-state index contributed by atoms with van der Waals surface area (Å²) in [6.07, 6.45) is 0.0628. The van der Waals surface area contributed by atoms with Crippen LogP contribution in [0.3, 0.4) is 0 Å². The summed E-state index contributed by atoms with van der Waals surface area (Å²) in [6, 6.07) is 0. The molecule has 0 radical (unpaired) electrons. The molecule has 0 saturated heterocycles. The van der Waals surface area contributed by atoms with Gasteiger partial charge in [0.05, 0.1) is 11.9 Å². The fraction of sp³-hybridized carbons (Fsp3) is 0.500. The maximum Gasteiger partial charge on any atom is 0.338 e. The van der Waals surface area contributed by atoms with Crippen LogP contribution >= 0.6 is 0 Å². The summed E-state index contributed by atoms with van der Waals surface area (Å²) in [7, 11) is 0. The van der Waals surface area contributed by atoms with Crippen molar-refractivity contribution in [3.05, 3.63) is 17.5 Å². The lowest BCUT2D eigenvalue weighted by atomic mass is 10.2. The molecule has 1 heterocycles. The van der Waals surface area contributed by atoms with E-state index in [-0.39, 0.29) is 0 Å². The van der Waals surface area contributed by atoms with Gasteiger partial charge in [0.2, 0.25) is 0 Å². The first-order chi connectivity index (χ1) is 6.07. The second-order valence-electron chi connectivity index (χ2n) is 2.77. The van der Waals surface area contributed by atoms with Gasteiger partial charge in [-0.15, -0.1) is 0 Å². The van der Waals surface area contributed by atoms with Gasteiger partial charge >= 0.3 is 5.97 Å². The molecule has 1 rings (SSSR count).